The van der Waals surface area contributed by atoms with Gasteiger partial charge in [0.1, 0.15) is 6.10 Å². The van der Waals surface area contributed by atoms with E-state index in [1.54, 1.807) is 4.90 Å². The Morgan fingerprint density at radius 3 is 2.35 bits per heavy atom. The Labute approximate surface area is 224 Å². The third-order valence-corrected chi connectivity index (χ3v) is 7.12. The molecule has 202 valence electrons. The molecular formula is C25H31ClN2O8S. The van der Waals surface area contributed by atoms with Gasteiger partial charge in [0.25, 0.3) is 0 Å². The monoisotopic (exact) mass is 554 g/mol. The molecule has 1 unspecified atom stereocenters. The van der Waals surface area contributed by atoms with Crippen LogP contribution in [0.2, 0.25) is 5.02 Å². The summed E-state index contributed by atoms with van der Waals surface area (Å²) in [5.41, 5.74) is 3.67. The number of thioether (sulfide) groups is 1. The first kappa shape index (κ1) is 30.4. The summed E-state index contributed by atoms with van der Waals surface area (Å²) in [5.74, 6) is -2.72. The van der Waals surface area contributed by atoms with Crippen LogP contribution in [0.15, 0.2) is 47.4 Å². The van der Waals surface area contributed by atoms with E-state index in [2.05, 4.69) is 35.2 Å². The van der Waals surface area contributed by atoms with Crippen molar-refractivity contribution >= 4 is 41.4 Å². The van der Waals surface area contributed by atoms with Gasteiger partial charge in [-0.3, -0.25) is 4.90 Å². The number of hydrogen-bond donors (Lipinski definition) is 2. The molecule has 4 N–H and O–H groups in total. The van der Waals surface area contributed by atoms with E-state index < -0.39 is 11.9 Å². The highest BCUT2D eigenvalue weighted by atomic mass is 35.5. The number of fused-ring (bicyclic) bond motifs is 2. The summed E-state index contributed by atoms with van der Waals surface area (Å²) in [7, 11) is 0. The average Bonchev–Trinajstić information content (AvgIpc) is 3.02. The van der Waals surface area contributed by atoms with Crippen molar-refractivity contribution in [1.82, 2.24) is 9.80 Å². The first-order valence-electron chi connectivity index (χ1n) is 11.5. The molecular weight excluding hydrogens is 524 g/mol. The minimum atomic E-state index is -1.82. The highest BCUT2D eigenvalue weighted by Crippen LogP contribution is 2.42. The van der Waals surface area contributed by atoms with Gasteiger partial charge in [-0.05, 0) is 36.2 Å². The molecule has 2 aliphatic heterocycles. The van der Waals surface area contributed by atoms with Crippen molar-refractivity contribution in [3.63, 3.8) is 0 Å². The summed E-state index contributed by atoms with van der Waals surface area (Å²) >= 11 is 8.16. The molecule has 4 rings (SSSR count). The number of nitrogens with zero attached hydrogens (tertiary/aromatic N) is 2. The molecule has 2 heterocycles. The van der Waals surface area contributed by atoms with E-state index >= 15 is 0 Å². The number of hydrogen-bond acceptors (Lipinski definition) is 7. The Kier molecular flexibility index (Phi) is 12.2. The Hall–Kier alpha value is -2.83. The molecule has 0 aliphatic carbocycles. The summed E-state index contributed by atoms with van der Waals surface area (Å²) in [6, 6.07) is 14.6. The number of carbonyl (C=O) groups is 3. The van der Waals surface area contributed by atoms with Crippen molar-refractivity contribution in [2.75, 3.05) is 45.9 Å². The lowest BCUT2D eigenvalue weighted by Crippen LogP contribution is -2.49. The highest BCUT2D eigenvalue weighted by Gasteiger charge is 2.26. The van der Waals surface area contributed by atoms with Gasteiger partial charge in [0.05, 0.1) is 13.2 Å². The van der Waals surface area contributed by atoms with Gasteiger partial charge in [0.2, 0.25) is 0 Å². The third-order valence-electron chi connectivity index (χ3n) is 5.75. The molecule has 1 atom stereocenters. The van der Waals surface area contributed by atoms with Gasteiger partial charge in [-0.15, -0.1) is 11.8 Å². The first-order valence-corrected chi connectivity index (χ1v) is 12.9. The maximum absolute atomic E-state index is 11.9. The zero-order valence-corrected chi connectivity index (χ0v) is 22.0. The minimum Gasteiger partial charge on any atom is -0.473 e. The van der Waals surface area contributed by atoms with Crippen LogP contribution in [0.4, 0.5) is 4.79 Å². The topological polar surface area (TPSA) is 148 Å². The number of carbonyl (C=O) groups excluding carboxylic acids is 1. The maximum Gasteiger partial charge on any atom is 0.414 e. The summed E-state index contributed by atoms with van der Waals surface area (Å²) in [4.78, 5) is 35.4. The van der Waals surface area contributed by atoms with Gasteiger partial charge in [0.15, 0.2) is 0 Å². The number of amides is 1. The number of halogens is 1. The molecule has 0 radical (unpaired) electrons. The molecule has 1 amide bonds. The summed E-state index contributed by atoms with van der Waals surface area (Å²) in [5, 5.41) is 15.5. The molecule has 0 aromatic heterocycles. The molecule has 12 heteroatoms. The van der Waals surface area contributed by atoms with E-state index in [1.807, 2.05) is 30.8 Å². The van der Waals surface area contributed by atoms with Crippen molar-refractivity contribution in [2.45, 2.75) is 23.7 Å². The van der Waals surface area contributed by atoms with Crippen LogP contribution >= 0.6 is 23.4 Å². The van der Waals surface area contributed by atoms with E-state index in [1.165, 1.54) is 16.0 Å². The lowest BCUT2D eigenvalue weighted by atomic mass is 9.97. The van der Waals surface area contributed by atoms with Gasteiger partial charge >= 0.3 is 18.0 Å². The predicted octanol–water partition coefficient (Wildman–Crippen LogP) is 3.16. The Bertz CT molecular complexity index is 1070. The average molecular weight is 555 g/mol. The quantitative estimate of drug-likeness (QED) is 0.531. The van der Waals surface area contributed by atoms with Gasteiger partial charge < -0.3 is 30.1 Å². The van der Waals surface area contributed by atoms with E-state index in [0.717, 1.165) is 36.0 Å². The largest absolute Gasteiger partial charge is 0.473 e. The van der Waals surface area contributed by atoms with Gasteiger partial charge in [0, 0.05) is 54.0 Å². The van der Waals surface area contributed by atoms with E-state index in [0.29, 0.717) is 26.3 Å². The third kappa shape index (κ3) is 8.61. The standard InChI is InChI=1S/C23H27ClN2O3S.C2H2O4.H2O/c1-2-28-23(27)26-11-9-25(10-12-26)13-14-29-22-19-6-4-3-5-17(19)16-30-21-8-7-18(24)15-20(21)22;3-1(4)2(5)6;/h3-8,15,22H,2,9-14,16H2,1H3;(H,3,4)(H,5,6);1H2. The van der Waals surface area contributed by atoms with Gasteiger partial charge in [-0.1, -0.05) is 35.9 Å². The number of aliphatic carboxylic acids is 2. The molecule has 1 saturated heterocycles. The fraction of sp³-hybridized carbons (Fsp3) is 0.400. The number of ether oxygens (including phenoxy) is 2. The zero-order chi connectivity index (χ0) is 26.1. The fourth-order valence-corrected chi connectivity index (χ4v) is 5.20. The zero-order valence-electron chi connectivity index (χ0n) is 20.4. The Morgan fingerprint density at radius 2 is 1.70 bits per heavy atom. The predicted molar refractivity (Wildman–Crippen MR) is 139 cm³/mol. The second kappa shape index (κ2) is 14.8. The summed E-state index contributed by atoms with van der Waals surface area (Å²) in [6.07, 6.45) is -0.333. The number of benzene rings is 2. The van der Waals surface area contributed by atoms with Crippen molar-refractivity contribution in [1.29, 1.82) is 0 Å². The molecule has 0 spiro atoms. The smallest absolute Gasteiger partial charge is 0.414 e. The fourth-order valence-electron chi connectivity index (χ4n) is 3.95. The van der Waals surface area contributed by atoms with Crippen LogP contribution in [0.3, 0.4) is 0 Å². The van der Waals surface area contributed by atoms with Crippen molar-refractivity contribution in [3.05, 3.63) is 64.2 Å². The maximum atomic E-state index is 11.9. The second-order valence-electron chi connectivity index (χ2n) is 8.06. The number of piperazine rings is 1. The number of carboxylic acid groups (broad SMARTS) is 2. The summed E-state index contributed by atoms with van der Waals surface area (Å²) < 4.78 is 11.6. The SMILES string of the molecule is CCOC(=O)N1CCN(CCOC2c3ccccc3CSc3ccc(Cl)cc32)CC1.O.O=C(O)C(=O)O. The minimum absolute atomic E-state index is 0. The molecule has 1 fully saturated rings. The van der Waals surface area contributed by atoms with Crippen molar-refractivity contribution in [3.8, 4) is 0 Å². The van der Waals surface area contributed by atoms with Crippen LogP contribution in [-0.4, -0.2) is 89.5 Å². The highest BCUT2D eigenvalue weighted by molar-refractivity contribution is 7.98. The van der Waals surface area contributed by atoms with Crippen LogP contribution in [-0.2, 0) is 24.8 Å². The number of carboxylic acids is 2. The normalized spacial score (nSPS) is 16.6. The van der Waals surface area contributed by atoms with E-state index in [9.17, 15) is 4.79 Å². The lowest BCUT2D eigenvalue weighted by Gasteiger charge is -2.34. The molecule has 10 nitrogen and oxygen atoms in total. The van der Waals surface area contributed by atoms with Crippen LogP contribution in [0.25, 0.3) is 0 Å². The van der Waals surface area contributed by atoms with Crippen molar-refractivity contribution < 1.29 is 39.5 Å². The second-order valence-corrected chi connectivity index (χ2v) is 9.51. The van der Waals surface area contributed by atoms with Crippen molar-refractivity contribution in [2.24, 2.45) is 0 Å². The number of rotatable bonds is 5. The van der Waals surface area contributed by atoms with Crippen LogP contribution < -0.4 is 0 Å². The summed E-state index contributed by atoms with van der Waals surface area (Å²) in [6.45, 7) is 6.76. The lowest BCUT2D eigenvalue weighted by molar-refractivity contribution is -0.159. The Balaban J connectivity index is 0.000000618. The van der Waals surface area contributed by atoms with Crippen LogP contribution in [0.1, 0.15) is 29.7 Å². The van der Waals surface area contributed by atoms with Crippen LogP contribution in [0.5, 0.6) is 0 Å². The van der Waals surface area contributed by atoms with E-state index in [4.69, 9.17) is 40.9 Å². The Morgan fingerprint density at radius 1 is 1.03 bits per heavy atom. The van der Waals surface area contributed by atoms with Crippen LogP contribution in [0, 0.1) is 0 Å². The van der Waals surface area contributed by atoms with Gasteiger partial charge in [-0.25, -0.2) is 14.4 Å². The first-order chi connectivity index (χ1) is 17.3. The molecule has 37 heavy (non-hydrogen) atoms. The molecule has 0 bridgehead atoms. The van der Waals surface area contributed by atoms with Gasteiger partial charge in [-0.2, -0.15) is 0 Å². The molecule has 2 aliphatic rings. The molecule has 0 saturated carbocycles. The molecule has 2 aromatic carbocycles. The van der Waals surface area contributed by atoms with E-state index in [-0.39, 0.29) is 17.7 Å². The molecule has 2 aromatic rings.